The van der Waals surface area contributed by atoms with Gasteiger partial charge in [-0.1, -0.05) is 57.2 Å². The molecule has 1 saturated heterocycles. The summed E-state index contributed by atoms with van der Waals surface area (Å²) in [7, 11) is -0.866. The molecule has 0 unspecified atom stereocenters. The fourth-order valence-electron chi connectivity index (χ4n) is 4.23. The summed E-state index contributed by atoms with van der Waals surface area (Å²) in [6, 6.07) is 14.3. The van der Waals surface area contributed by atoms with Gasteiger partial charge in [-0.25, -0.2) is 13.2 Å². The normalized spacial score (nSPS) is 15.7. The number of nitrogens with zero attached hydrogens (tertiary/aromatic N) is 2. The number of sulfonamides is 1. The van der Waals surface area contributed by atoms with Crippen LogP contribution in [-0.4, -0.2) is 56.7 Å². The first-order valence-electron chi connectivity index (χ1n) is 11.5. The van der Waals surface area contributed by atoms with Gasteiger partial charge in [0.05, 0.1) is 17.6 Å². The third kappa shape index (κ3) is 5.67. The maximum atomic E-state index is 13.2. The predicted octanol–water partition coefficient (Wildman–Crippen LogP) is 3.83. The van der Waals surface area contributed by atoms with Crippen LogP contribution in [0.1, 0.15) is 55.1 Å². The molecule has 1 fully saturated rings. The van der Waals surface area contributed by atoms with Crippen molar-refractivity contribution >= 4 is 21.9 Å². The van der Waals surface area contributed by atoms with Crippen LogP contribution < -0.4 is 0 Å². The van der Waals surface area contributed by atoms with Gasteiger partial charge in [0, 0.05) is 32.6 Å². The van der Waals surface area contributed by atoms with Gasteiger partial charge in [0.25, 0.3) is 0 Å². The number of hydrogen-bond donors (Lipinski definition) is 0. The molecule has 0 atom stereocenters. The van der Waals surface area contributed by atoms with Gasteiger partial charge in [0.15, 0.2) is 0 Å². The minimum Gasteiger partial charge on any atom is -0.465 e. The van der Waals surface area contributed by atoms with Crippen LogP contribution in [0.25, 0.3) is 0 Å². The summed E-state index contributed by atoms with van der Waals surface area (Å²) in [5.74, 6) is -0.908. The number of amides is 1. The quantitative estimate of drug-likeness (QED) is 0.580. The Morgan fingerprint density at radius 1 is 1.03 bits per heavy atom. The van der Waals surface area contributed by atoms with Crippen LogP contribution in [0.15, 0.2) is 53.4 Å². The van der Waals surface area contributed by atoms with E-state index in [1.807, 2.05) is 0 Å². The summed E-state index contributed by atoms with van der Waals surface area (Å²) >= 11 is 0. The van der Waals surface area contributed by atoms with Gasteiger partial charge in [0.1, 0.15) is 0 Å². The van der Waals surface area contributed by atoms with E-state index in [9.17, 15) is 18.0 Å². The monoisotopic (exact) mass is 486 g/mol. The summed E-state index contributed by atoms with van der Waals surface area (Å²) in [6.07, 6.45) is 0.873. The first kappa shape index (κ1) is 25.9. The zero-order valence-electron chi connectivity index (χ0n) is 20.6. The Kier molecular flexibility index (Phi) is 7.83. The molecule has 34 heavy (non-hydrogen) atoms. The average molecular weight is 487 g/mol. The number of carbonyl (C=O) groups excluding carboxylic acids is 2. The molecule has 2 aromatic carbocycles. The van der Waals surface area contributed by atoms with Crippen molar-refractivity contribution in [1.82, 2.24) is 9.21 Å². The molecule has 2 aromatic rings. The second-order valence-electron chi connectivity index (χ2n) is 9.81. The number of hydrogen-bond acceptors (Lipinski definition) is 5. The molecule has 0 N–H and O–H groups in total. The van der Waals surface area contributed by atoms with E-state index < -0.39 is 16.0 Å². The van der Waals surface area contributed by atoms with Crippen molar-refractivity contribution in [2.45, 2.75) is 50.5 Å². The molecule has 8 heteroatoms. The number of ether oxygens (including phenoxy) is 1. The van der Waals surface area contributed by atoms with Crippen LogP contribution in [0.3, 0.4) is 0 Å². The lowest BCUT2D eigenvalue weighted by Crippen LogP contribution is -2.43. The Bertz CT molecular complexity index is 1130. The average Bonchev–Trinajstić information content (AvgIpc) is 2.82. The maximum Gasteiger partial charge on any atom is 0.339 e. The van der Waals surface area contributed by atoms with Crippen molar-refractivity contribution in [2.75, 3.05) is 27.2 Å². The molecule has 1 amide bonds. The number of benzene rings is 2. The Morgan fingerprint density at radius 2 is 1.62 bits per heavy atom. The number of rotatable bonds is 6. The highest BCUT2D eigenvalue weighted by Gasteiger charge is 2.35. The molecular weight excluding hydrogens is 452 g/mol. The zero-order valence-corrected chi connectivity index (χ0v) is 21.4. The summed E-state index contributed by atoms with van der Waals surface area (Å²) in [6.45, 7) is 7.45. The number of esters is 1. The second kappa shape index (κ2) is 10.3. The van der Waals surface area contributed by atoms with Crippen LogP contribution in [0, 0.1) is 5.92 Å². The molecule has 0 radical (unpaired) electrons. The summed E-state index contributed by atoms with van der Waals surface area (Å²) < 4.78 is 32.5. The Balaban J connectivity index is 1.63. The maximum absolute atomic E-state index is 13.2. The fraction of sp³-hybridized carbons (Fsp3) is 0.462. The van der Waals surface area contributed by atoms with Crippen LogP contribution >= 0.6 is 0 Å². The van der Waals surface area contributed by atoms with Crippen molar-refractivity contribution in [1.29, 1.82) is 0 Å². The lowest BCUT2D eigenvalue weighted by Gasteiger charge is -2.33. The van der Waals surface area contributed by atoms with Gasteiger partial charge >= 0.3 is 5.97 Å². The van der Waals surface area contributed by atoms with Crippen molar-refractivity contribution in [3.63, 3.8) is 0 Å². The minimum absolute atomic E-state index is 0.0143. The van der Waals surface area contributed by atoms with E-state index in [0.29, 0.717) is 19.4 Å². The highest BCUT2D eigenvalue weighted by atomic mass is 32.2. The first-order valence-corrected chi connectivity index (χ1v) is 12.9. The predicted molar refractivity (Wildman–Crippen MR) is 131 cm³/mol. The Morgan fingerprint density at radius 3 is 2.18 bits per heavy atom. The van der Waals surface area contributed by atoms with Crippen molar-refractivity contribution in [3.05, 3.63) is 65.2 Å². The summed E-state index contributed by atoms with van der Waals surface area (Å²) in [5.41, 5.74) is 2.39. The van der Waals surface area contributed by atoms with Crippen LogP contribution in [-0.2, 0) is 31.5 Å². The molecule has 0 spiro atoms. The second-order valence-corrected chi connectivity index (χ2v) is 11.7. The topological polar surface area (TPSA) is 84.0 Å². The zero-order chi connectivity index (χ0) is 25.1. The van der Waals surface area contributed by atoms with Gasteiger partial charge in [-0.05, 0) is 41.5 Å². The molecule has 7 nitrogen and oxygen atoms in total. The molecule has 0 aliphatic carbocycles. The summed E-state index contributed by atoms with van der Waals surface area (Å²) in [4.78, 5) is 26.7. The van der Waals surface area contributed by atoms with E-state index in [-0.39, 0.29) is 40.8 Å². The van der Waals surface area contributed by atoms with Gasteiger partial charge in [-0.15, -0.1) is 0 Å². The standard InChI is InChI=1S/C26H34N2O5S/c1-26(2,3)21-12-10-19(11-13-21)18-27(4)24(29)20-14-16-28(17-15-20)34(31,32)23-9-7-6-8-22(23)25(30)33-5/h6-13,20H,14-18H2,1-5H3. The van der Waals surface area contributed by atoms with E-state index in [1.165, 1.54) is 29.1 Å². The Hall–Kier alpha value is -2.71. The van der Waals surface area contributed by atoms with Crippen LogP contribution in [0.5, 0.6) is 0 Å². The molecule has 184 valence electrons. The largest absolute Gasteiger partial charge is 0.465 e. The van der Waals surface area contributed by atoms with E-state index in [2.05, 4.69) is 45.0 Å². The van der Waals surface area contributed by atoms with Crippen molar-refractivity contribution < 1.29 is 22.7 Å². The van der Waals surface area contributed by atoms with Gasteiger partial charge in [-0.2, -0.15) is 4.31 Å². The number of piperidine rings is 1. The Labute approximate surface area is 202 Å². The molecule has 1 aliphatic rings. The van der Waals surface area contributed by atoms with Crippen molar-refractivity contribution in [2.24, 2.45) is 5.92 Å². The van der Waals surface area contributed by atoms with Gasteiger partial charge in [-0.3, -0.25) is 4.79 Å². The van der Waals surface area contributed by atoms with Gasteiger partial charge < -0.3 is 9.64 Å². The van der Waals surface area contributed by atoms with E-state index in [0.717, 1.165) is 5.56 Å². The fourth-order valence-corrected chi connectivity index (χ4v) is 5.88. The highest BCUT2D eigenvalue weighted by Crippen LogP contribution is 2.28. The van der Waals surface area contributed by atoms with E-state index >= 15 is 0 Å². The molecule has 1 aliphatic heterocycles. The number of carbonyl (C=O) groups is 2. The third-order valence-electron chi connectivity index (χ3n) is 6.33. The number of methoxy groups -OCH3 is 1. The van der Waals surface area contributed by atoms with Crippen LogP contribution in [0.4, 0.5) is 0 Å². The molecular formula is C26H34N2O5S. The molecule has 3 rings (SSSR count). The minimum atomic E-state index is -3.87. The first-order chi connectivity index (χ1) is 15.9. The van der Waals surface area contributed by atoms with Gasteiger partial charge in [0.2, 0.25) is 15.9 Å². The molecule has 0 bridgehead atoms. The smallest absolute Gasteiger partial charge is 0.339 e. The van der Waals surface area contributed by atoms with Crippen molar-refractivity contribution in [3.8, 4) is 0 Å². The molecule has 0 saturated carbocycles. The van der Waals surface area contributed by atoms with E-state index in [1.54, 1.807) is 24.1 Å². The lowest BCUT2D eigenvalue weighted by atomic mass is 9.86. The van der Waals surface area contributed by atoms with Crippen LogP contribution in [0.2, 0.25) is 0 Å². The SMILES string of the molecule is COC(=O)c1ccccc1S(=O)(=O)N1CCC(C(=O)N(C)Cc2ccc(C(C)(C)C)cc2)CC1. The highest BCUT2D eigenvalue weighted by molar-refractivity contribution is 7.89. The molecule has 0 aromatic heterocycles. The van der Waals surface area contributed by atoms with E-state index in [4.69, 9.17) is 4.74 Å². The molecule has 1 heterocycles. The lowest BCUT2D eigenvalue weighted by molar-refractivity contribution is -0.135. The third-order valence-corrected chi connectivity index (χ3v) is 8.29. The summed E-state index contributed by atoms with van der Waals surface area (Å²) in [5, 5.41) is 0.